The van der Waals surface area contributed by atoms with Crippen LogP contribution < -0.4 is 0 Å². The number of rotatable bonds is 6. The minimum Gasteiger partial charge on any atom is -0.481 e. The third-order valence-corrected chi connectivity index (χ3v) is 4.02. The molecule has 1 aromatic rings. The van der Waals surface area contributed by atoms with Gasteiger partial charge in [-0.2, -0.15) is 0 Å². The molecule has 2 rings (SSSR count). The maximum atomic E-state index is 13.2. The number of carbonyl (C=O) groups excluding carboxylic acids is 2. The Hall–Kier alpha value is -2.44. The molecule has 1 saturated heterocycles. The van der Waals surface area contributed by atoms with Crippen molar-refractivity contribution in [2.45, 2.75) is 25.7 Å². The molecule has 7 heteroatoms. The number of aliphatic carboxylic acids is 1. The van der Waals surface area contributed by atoms with E-state index >= 15 is 0 Å². The average Bonchev–Trinajstić information content (AvgIpc) is 2.58. The summed E-state index contributed by atoms with van der Waals surface area (Å²) < 4.78 is 13.2. The normalized spacial score (nSPS) is 14.5. The lowest BCUT2D eigenvalue weighted by Crippen LogP contribution is -2.50. The van der Waals surface area contributed by atoms with E-state index in [9.17, 15) is 18.8 Å². The van der Waals surface area contributed by atoms with Crippen LogP contribution in [-0.4, -0.2) is 58.9 Å². The fourth-order valence-corrected chi connectivity index (χ4v) is 2.67. The summed E-state index contributed by atoms with van der Waals surface area (Å²) in [5, 5.41) is 8.56. The first-order valence-electron chi connectivity index (χ1n) is 8.02. The van der Waals surface area contributed by atoms with Gasteiger partial charge in [-0.05, 0) is 31.0 Å². The Balaban J connectivity index is 1.77. The first kappa shape index (κ1) is 17.9. The van der Waals surface area contributed by atoms with Crippen LogP contribution in [0.15, 0.2) is 24.3 Å². The SMILES string of the molecule is O=C(O)CCCCC(=O)N1CCN(C(=O)c2cccc(F)c2)CC1. The van der Waals surface area contributed by atoms with Crippen molar-refractivity contribution in [3.8, 4) is 0 Å². The van der Waals surface area contributed by atoms with Crippen molar-refractivity contribution in [1.29, 1.82) is 0 Å². The van der Waals surface area contributed by atoms with E-state index in [0.717, 1.165) is 0 Å². The molecule has 0 bridgehead atoms. The molecule has 0 saturated carbocycles. The number of hydrogen-bond donors (Lipinski definition) is 1. The van der Waals surface area contributed by atoms with Gasteiger partial charge in [-0.1, -0.05) is 6.07 Å². The number of carboxylic acid groups (broad SMARTS) is 1. The maximum absolute atomic E-state index is 13.2. The summed E-state index contributed by atoms with van der Waals surface area (Å²) in [7, 11) is 0. The van der Waals surface area contributed by atoms with Gasteiger partial charge in [-0.25, -0.2) is 4.39 Å². The first-order valence-corrected chi connectivity index (χ1v) is 8.02. The highest BCUT2D eigenvalue weighted by Gasteiger charge is 2.24. The molecule has 0 unspecified atom stereocenters. The molecule has 1 N–H and O–H groups in total. The van der Waals surface area contributed by atoms with Gasteiger partial charge in [0.1, 0.15) is 5.82 Å². The van der Waals surface area contributed by atoms with Gasteiger partial charge in [-0.15, -0.1) is 0 Å². The van der Waals surface area contributed by atoms with E-state index in [1.54, 1.807) is 15.9 Å². The second kappa shape index (κ2) is 8.42. The Morgan fingerprint density at radius 2 is 1.62 bits per heavy atom. The molecular formula is C17H21FN2O4. The zero-order valence-electron chi connectivity index (χ0n) is 13.4. The highest BCUT2D eigenvalue weighted by Crippen LogP contribution is 2.12. The minimum atomic E-state index is -0.855. The fourth-order valence-electron chi connectivity index (χ4n) is 2.67. The van der Waals surface area contributed by atoms with Gasteiger partial charge in [0.2, 0.25) is 5.91 Å². The number of piperazine rings is 1. The summed E-state index contributed by atoms with van der Waals surface area (Å²) in [6.45, 7) is 1.71. The van der Waals surface area contributed by atoms with Gasteiger partial charge in [0.15, 0.2) is 0 Å². The van der Waals surface area contributed by atoms with E-state index in [-0.39, 0.29) is 18.2 Å². The molecule has 0 aliphatic carbocycles. The summed E-state index contributed by atoms with van der Waals surface area (Å²) in [6.07, 6.45) is 1.43. The number of halogens is 1. The standard InChI is InChI=1S/C17H21FN2O4/c18-14-5-3-4-13(12-14)17(24)20-10-8-19(9-11-20)15(21)6-1-2-7-16(22)23/h3-5,12H,1-2,6-11H2,(H,22,23). The summed E-state index contributed by atoms with van der Waals surface area (Å²) in [5.74, 6) is -1.55. The third-order valence-electron chi connectivity index (χ3n) is 4.02. The van der Waals surface area contributed by atoms with Crippen LogP contribution >= 0.6 is 0 Å². The Bertz CT molecular complexity index is 612. The highest BCUT2D eigenvalue weighted by atomic mass is 19.1. The molecule has 1 aromatic carbocycles. The van der Waals surface area contributed by atoms with Crippen LogP contribution in [0.2, 0.25) is 0 Å². The Morgan fingerprint density at radius 3 is 2.25 bits per heavy atom. The Morgan fingerprint density at radius 1 is 1.00 bits per heavy atom. The molecule has 0 radical (unpaired) electrons. The van der Waals surface area contributed by atoms with Gasteiger partial charge in [0.05, 0.1) is 0 Å². The zero-order valence-corrected chi connectivity index (χ0v) is 13.4. The second-order valence-corrected chi connectivity index (χ2v) is 5.78. The lowest BCUT2D eigenvalue weighted by molar-refractivity contribution is -0.137. The molecule has 24 heavy (non-hydrogen) atoms. The van der Waals surface area contributed by atoms with Crippen LogP contribution in [0.25, 0.3) is 0 Å². The van der Waals surface area contributed by atoms with E-state index in [1.807, 2.05) is 0 Å². The van der Waals surface area contributed by atoms with Crippen LogP contribution in [0.4, 0.5) is 4.39 Å². The van der Waals surface area contributed by atoms with Gasteiger partial charge in [-0.3, -0.25) is 14.4 Å². The van der Waals surface area contributed by atoms with Gasteiger partial charge in [0.25, 0.3) is 5.91 Å². The summed E-state index contributed by atoms with van der Waals surface area (Å²) in [6, 6.07) is 5.57. The first-order chi connectivity index (χ1) is 11.5. The van der Waals surface area contributed by atoms with E-state index in [1.165, 1.54) is 18.2 Å². The van der Waals surface area contributed by atoms with E-state index in [4.69, 9.17) is 5.11 Å². The van der Waals surface area contributed by atoms with Gasteiger partial charge >= 0.3 is 5.97 Å². The van der Waals surface area contributed by atoms with Crippen molar-refractivity contribution in [2.75, 3.05) is 26.2 Å². The molecule has 1 aliphatic rings. The van der Waals surface area contributed by atoms with Crippen molar-refractivity contribution in [3.63, 3.8) is 0 Å². The van der Waals surface area contributed by atoms with Crippen molar-refractivity contribution in [3.05, 3.63) is 35.6 Å². The smallest absolute Gasteiger partial charge is 0.303 e. The van der Waals surface area contributed by atoms with Crippen LogP contribution in [0, 0.1) is 5.82 Å². The monoisotopic (exact) mass is 336 g/mol. The molecule has 1 heterocycles. The number of nitrogens with zero attached hydrogens (tertiary/aromatic N) is 2. The minimum absolute atomic E-state index is 0.0155. The Kier molecular flexibility index (Phi) is 6.28. The Labute approximate surface area is 139 Å². The lowest BCUT2D eigenvalue weighted by atomic mass is 10.1. The van der Waals surface area contributed by atoms with E-state index in [0.29, 0.717) is 51.0 Å². The molecule has 130 valence electrons. The number of benzene rings is 1. The van der Waals surface area contributed by atoms with Crippen molar-refractivity contribution in [2.24, 2.45) is 0 Å². The molecule has 0 spiro atoms. The van der Waals surface area contributed by atoms with Crippen LogP contribution in [0.3, 0.4) is 0 Å². The molecule has 2 amide bonds. The second-order valence-electron chi connectivity index (χ2n) is 5.78. The number of carboxylic acids is 1. The zero-order chi connectivity index (χ0) is 17.5. The average molecular weight is 336 g/mol. The van der Waals surface area contributed by atoms with Crippen molar-refractivity contribution < 1.29 is 23.9 Å². The predicted octanol–water partition coefficient (Wildman–Crippen LogP) is 1.76. The maximum Gasteiger partial charge on any atom is 0.303 e. The van der Waals surface area contributed by atoms with E-state index < -0.39 is 11.8 Å². The van der Waals surface area contributed by atoms with Gasteiger partial charge in [0, 0.05) is 44.6 Å². The molecule has 0 atom stereocenters. The highest BCUT2D eigenvalue weighted by molar-refractivity contribution is 5.94. The quantitative estimate of drug-likeness (QED) is 0.803. The fraction of sp³-hybridized carbons (Fsp3) is 0.471. The summed E-state index contributed by atoms with van der Waals surface area (Å²) >= 11 is 0. The predicted molar refractivity (Wildman–Crippen MR) is 85.0 cm³/mol. The van der Waals surface area contributed by atoms with Crippen LogP contribution in [0.1, 0.15) is 36.0 Å². The molecular weight excluding hydrogens is 315 g/mol. The number of hydrogen-bond acceptors (Lipinski definition) is 3. The summed E-state index contributed by atoms with van der Waals surface area (Å²) in [4.78, 5) is 38.1. The third kappa shape index (κ3) is 5.04. The van der Waals surface area contributed by atoms with Crippen molar-refractivity contribution >= 4 is 17.8 Å². The van der Waals surface area contributed by atoms with E-state index in [2.05, 4.69) is 0 Å². The largest absolute Gasteiger partial charge is 0.481 e. The van der Waals surface area contributed by atoms with Crippen molar-refractivity contribution in [1.82, 2.24) is 9.80 Å². The lowest BCUT2D eigenvalue weighted by Gasteiger charge is -2.35. The molecule has 6 nitrogen and oxygen atoms in total. The molecule has 0 aromatic heterocycles. The van der Waals surface area contributed by atoms with Crippen LogP contribution in [-0.2, 0) is 9.59 Å². The molecule has 1 fully saturated rings. The molecule has 1 aliphatic heterocycles. The van der Waals surface area contributed by atoms with Gasteiger partial charge < -0.3 is 14.9 Å². The summed E-state index contributed by atoms with van der Waals surface area (Å²) in [5.41, 5.74) is 0.309. The number of carbonyl (C=O) groups is 3. The number of unbranched alkanes of at least 4 members (excludes halogenated alkanes) is 1. The topological polar surface area (TPSA) is 77.9 Å². The number of amides is 2. The van der Waals surface area contributed by atoms with Crippen LogP contribution in [0.5, 0.6) is 0 Å².